The van der Waals surface area contributed by atoms with Crippen molar-refractivity contribution < 1.29 is 13.5 Å². The zero-order valence-corrected chi connectivity index (χ0v) is 15.9. The minimum absolute atomic E-state index is 0.178. The van der Waals surface area contributed by atoms with E-state index in [1.165, 1.54) is 0 Å². The molecule has 0 heterocycles. The zero-order valence-electron chi connectivity index (χ0n) is 15.1. The molecular formula is C22H14F2N2OS. The van der Waals surface area contributed by atoms with Crippen molar-refractivity contribution in [1.82, 2.24) is 0 Å². The lowest BCUT2D eigenvalue weighted by molar-refractivity contribution is 0.418. The molecule has 3 nitrogen and oxygen atoms in total. The van der Waals surface area contributed by atoms with E-state index >= 15 is 8.78 Å². The molecule has 0 N–H and O–H groups in total. The van der Waals surface area contributed by atoms with Crippen molar-refractivity contribution in [3.8, 4) is 23.6 Å². The number of hydrogen-bond donors (Lipinski definition) is 0. The SMILES string of the molecule is Cc1ccc(Oc2c(F)c(C#N)c(C#N)c(F)c2Sc2ccccc2C)cc1. The molecule has 28 heavy (non-hydrogen) atoms. The smallest absolute Gasteiger partial charge is 0.186 e. The van der Waals surface area contributed by atoms with Crippen LogP contribution in [-0.2, 0) is 0 Å². The van der Waals surface area contributed by atoms with Crippen LogP contribution in [0.4, 0.5) is 8.78 Å². The van der Waals surface area contributed by atoms with Crippen LogP contribution < -0.4 is 4.74 Å². The van der Waals surface area contributed by atoms with Gasteiger partial charge in [-0.05, 0) is 37.6 Å². The van der Waals surface area contributed by atoms with Gasteiger partial charge in [0.15, 0.2) is 17.4 Å². The summed E-state index contributed by atoms with van der Waals surface area (Å²) in [4.78, 5) is 0.506. The fraction of sp³-hybridized carbons (Fsp3) is 0.0909. The molecule has 0 saturated heterocycles. The summed E-state index contributed by atoms with van der Waals surface area (Å²) in [6.45, 7) is 3.73. The van der Waals surface area contributed by atoms with Crippen LogP contribution in [0.1, 0.15) is 22.3 Å². The summed E-state index contributed by atoms with van der Waals surface area (Å²) < 4.78 is 35.8. The first kappa shape index (κ1) is 19.4. The predicted octanol–water partition coefficient (Wildman–Crippen LogP) is 6.27. The van der Waals surface area contributed by atoms with Crippen molar-refractivity contribution in [1.29, 1.82) is 10.5 Å². The van der Waals surface area contributed by atoms with Crippen LogP contribution in [-0.4, -0.2) is 0 Å². The number of nitriles is 2. The molecule has 138 valence electrons. The van der Waals surface area contributed by atoms with Crippen LogP contribution in [0.25, 0.3) is 0 Å². The first-order chi connectivity index (χ1) is 13.5. The van der Waals surface area contributed by atoms with Gasteiger partial charge >= 0.3 is 0 Å². The molecule has 0 saturated carbocycles. The molecule has 0 unspecified atom stereocenters. The Kier molecular flexibility index (Phi) is 5.63. The average Bonchev–Trinajstić information content (AvgIpc) is 2.69. The van der Waals surface area contributed by atoms with Crippen LogP contribution in [0.3, 0.4) is 0 Å². The van der Waals surface area contributed by atoms with Gasteiger partial charge in [0.05, 0.1) is 4.90 Å². The minimum atomic E-state index is -1.06. The lowest BCUT2D eigenvalue weighted by Gasteiger charge is -2.16. The molecule has 0 spiro atoms. The van der Waals surface area contributed by atoms with Gasteiger partial charge in [0.1, 0.15) is 29.0 Å². The average molecular weight is 392 g/mol. The van der Waals surface area contributed by atoms with Gasteiger partial charge in [-0.15, -0.1) is 0 Å². The molecule has 3 aromatic carbocycles. The highest BCUT2D eigenvalue weighted by Gasteiger charge is 2.27. The maximum absolute atomic E-state index is 15.1. The third kappa shape index (κ3) is 3.69. The maximum Gasteiger partial charge on any atom is 0.186 e. The van der Waals surface area contributed by atoms with Gasteiger partial charge in [0.2, 0.25) is 0 Å². The Labute approximate surface area is 165 Å². The summed E-state index contributed by atoms with van der Waals surface area (Å²) in [7, 11) is 0. The van der Waals surface area contributed by atoms with E-state index in [0.29, 0.717) is 10.6 Å². The molecule has 0 amide bonds. The molecule has 0 aliphatic rings. The van der Waals surface area contributed by atoms with E-state index in [0.717, 1.165) is 22.9 Å². The minimum Gasteiger partial charge on any atom is -0.453 e. The molecular weight excluding hydrogens is 378 g/mol. The molecule has 3 rings (SSSR count). The van der Waals surface area contributed by atoms with E-state index in [1.54, 1.807) is 48.5 Å². The summed E-state index contributed by atoms with van der Waals surface area (Å²) in [5, 5.41) is 18.5. The molecule has 0 fully saturated rings. The van der Waals surface area contributed by atoms with Crippen molar-refractivity contribution in [3.05, 3.63) is 82.4 Å². The molecule has 0 atom stereocenters. The van der Waals surface area contributed by atoms with Crippen LogP contribution in [0, 0.1) is 48.1 Å². The van der Waals surface area contributed by atoms with Gasteiger partial charge in [0.25, 0.3) is 0 Å². The quantitative estimate of drug-likeness (QED) is 0.525. The van der Waals surface area contributed by atoms with Crippen molar-refractivity contribution in [3.63, 3.8) is 0 Å². The number of aryl methyl sites for hydroxylation is 2. The molecule has 0 aromatic heterocycles. The highest BCUT2D eigenvalue weighted by molar-refractivity contribution is 7.99. The van der Waals surface area contributed by atoms with Crippen molar-refractivity contribution >= 4 is 11.8 Å². The van der Waals surface area contributed by atoms with Crippen LogP contribution in [0.5, 0.6) is 11.5 Å². The summed E-state index contributed by atoms with van der Waals surface area (Å²) in [5.74, 6) is -2.15. The molecule has 0 bridgehead atoms. The summed E-state index contributed by atoms with van der Waals surface area (Å²) in [6, 6.07) is 17.2. The van der Waals surface area contributed by atoms with Crippen LogP contribution in [0.2, 0.25) is 0 Å². The lowest BCUT2D eigenvalue weighted by atomic mass is 10.1. The van der Waals surface area contributed by atoms with E-state index in [9.17, 15) is 10.5 Å². The van der Waals surface area contributed by atoms with Crippen molar-refractivity contribution in [2.24, 2.45) is 0 Å². The first-order valence-corrected chi connectivity index (χ1v) is 9.11. The topological polar surface area (TPSA) is 56.8 Å². The molecule has 0 aliphatic heterocycles. The first-order valence-electron chi connectivity index (χ1n) is 8.29. The predicted molar refractivity (Wildman–Crippen MR) is 102 cm³/mol. The number of rotatable bonds is 4. The molecule has 3 aromatic rings. The molecule has 0 radical (unpaired) electrons. The maximum atomic E-state index is 15.1. The Hall–Kier alpha value is -3.35. The normalized spacial score (nSPS) is 10.2. The van der Waals surface area contributed by atoms with Gasteiger partial charge in [0, 0.05) is 4.90 Å². The highest BCUT2D eigenvalue weighted by atomic mass is 32.2. The Balaban J connectivity index is 2.21. The van der Waals surface area contributed by atoms with E-state index < -0.39 is 28.5 Å². The van der Waals surface area contributed by atoms with Gasteiger partial charge in [-0.2, -0.15) is 10.5 Å². The Bertz CT molecular complexity index is 1130. The standard InChI is InChI=1S/C22H14F2N2OS/c1-13-7-9-15(10-8-13)27-21-19(23)16(11-25)17(12-26)20(24)22(21)28-18-6-4-3-5-14(18)2/h3-10H,1-2H3. The number of ether oxygens (including phenoxy) is 1. The van der Waals surface area contributed by atoms with Gasteiger partial charge in [-0.25, -0.2) is 8.78 Å². The Morgan fingerprint density at radius 2 is 1.46 bits per heavy atom. The van der Waals surface area contributed by atoms with E-state index in [-0.39, 0.29) is 4.90 Å². The van der Waals surface area contributed by atoms with Gasteiger partial charge in [-0.1, -0.05) is 47.7 Å². The van der Waals surface area contributed by atoms with Crippen molar-refractivity contribution in [2.45, 2.75) is 23.6 Å². The highest BCUT2D eigenvalue weighted by Crippen LogP contribution is 2.44. The third-order valence-corrected chi connectivity index (χ3v) is 5.31. The second kappa shape index (κ2) is 8.12. The lowest BCUT2D eigenvalue weighted by Crippen LogP contribution is -2.03. The summed E-state index contributed by atoms with van der Waals surface area (Å²) in [5.41, 5.74) is 0.533. The van der Waals surface area contributed by atoms with E-state index in [4.69, 9.17) is 4.74 Å². The molecule has 6 heteroatoms. The second-order valence-electron chi connectivity index (χ2n) is 6.04. The van der Waals surface area contributed by atoms with E-state index in [1.807, 2.05) is 26.0 Å². The largest absolute Gasteiger partial charge is 0.453 e. The third-order valence-electron chi connectivity index (χ3n) is 4.06. The number of halogens is 2. The Morgan fingerprint density at radius 1 is 0.857 bits per heavy atom. The number of hydrogen-bond acceptors (Lipinski definition) is 4. The van der Waals surface area contributed by atoms with E-state index in [2.05, 4.69) is 0 Å². The fourth-order valence-electron chi connectivity index (χ4n) is 2.54. The van der Waals surface area contributed by atoms with Gasteiger partial charge < -0.3 is 4.74 Å². The summed E-state index contributed by atoms with van der Waals surface area (Å²) >= 11 is 0.952. The van der Waals surface area contributed by atoms with Crippen LogP contribution >= 0.6 is 11.8 Å². The molecule has 0 aliphatic carbocycles. The summed E-state index contributed by atoms with van der Waals surface area (Å²) in [6.07, 6.45) is 0. The fourth-order valence-corrected chi connectivity index (χ4v) is 3.55. The number of benzene rings is 3. The van der Waals surface area contributed by atoms with Gasteiger partial charge in [-0.3, -0.25) is 0 Å². The Morgan fingerprint density at radius 3 is 2.07 bits per heavy atom. The van der Waals surface area contributed by atoms with Crippen LogP contribution in [0.15, 0.2) is 58.3 Å². The van der Waals surface area contributed by atoms with Crippen molar-refractivity contribution in [2.75, 3.05) is 0 Å². The second-order valence-corrected chi connectivity index (χ2v) is 7.09. The monoisotopic (exact) mass is 392 g/mol. The zero-order chi connectivity index (χ0) is 20.3. The number of nitrogens with zero attached hydrogens (tertiary/aromatic N) is 2.